The molecule has 22 heavy (non-hydrogen) atoms. The van der Waals surface area contributed by atoms with E-state index in [-0.39, 0.29) is 17.9 Å². The SMILES string of the molecule is CCC(C)NC(=O)C1CCN(c2nc3ccccc3s2)CC1. The molecule has 1 atom stereocenters. The van der Waals surface area contributed by atoms with Crippen molar-refractivity contribution in [2.45, 2.75) is 39.2 Å². The van der Waals surface area contributed by atoms with Gasteiger partial charge in [0, 0.05) is 25.0 Å². The van der Waals surface area contributed by atoms with Crippen molar-refractivity contribution in [3.8, 4) is 0 Å². The van der Waals surface area contributed by atoms with Gasteiger partial charge in [-0.15, -0.1) is 0 Å². The van der Waals surface area contributed by atoms with Crippen molar-refractivity contribution in [3.63, 3.8) is 0 Å². The van der Waals surface area contributed by atoms with Crippen LogP contribution in [-0.2, 0) is 4.79 Å². The molecule has 1 aromatic carbocycles. The van der Waals surface area contributed by atoms with Crippen LogP contribution < -0.4 is 10.2 Å². The molecule has 0 spiro atoms. The minimum absolute atomic E-state index is 0.152. The third-order valence-electron chi connectivity index (χ3n) is 4.42. The molecular formula is C17H23N3OS. The summed E-state index contributed by atoms with van der Waals surface area (Å²) >= 11 is 1.74. The molecular weight excluding hydrogens is 294 g/mol. The number of anilines is 1. The molecule has 0 aliphatic carbocycles. The summed E-state index contributed by atoms with van der Waals surface area (Å²) in [6.07, 6.45) is 2.81. The van der Waals surface area contributed by atoms with Crippen molar-refractivity contribution in [3.05, 3.63) is 24.3 Å². The molecule has 1 fully saturated rings. The lowest BCUT2D eigenvalue weighted by Gasteiger charge is -2.31. The van der Waals surface area contributed by atoms with Crippen LogP contribution in [0.5, 0.6) is 0 Å². The lowest BCUT2D eigenvalue weighted by Crippen LogP contribution is -2.43. The molecule has 1 aromatic heterocycles. The highest BCUT2D eigenvalue weighted by Gasteiger charge is 2.26. The van der Waals surface area contributed by atoms with Crippen LogP contribution >= 0.6 is 11.3 Å². The number of para-hydroxylation sites is 1. The van der Waals surface area contributed by atoms with Gasteiger partial charge >= 0.3 is 0 Å². The molecule has 1 amide bonds. The van der Waals surface area contributed by atoms with Crippen LogP contribution in [0.15, 0.2) is 24.3 Å². The van der Waals surface area contributed by atoms with Gasteiger partial charge in [0.05, 0.1) is 10.2 Å². The van der Waals surface area contributed by atoms with Crippen molar-refractivity contribution in [1.29, 1.82) is 0 Å². The number of benzene rings is 1. The first-order valence-electron chi connectivity index (χ1n) is 8.08. The van der Waals surface area contributed by atoms with Crippen LogP contribution in [-0.4, -0.2) is 30.0 Å². The molecule has 2 aromatic rings. The van der Waals surface area contributed by atoms with Gasteiger partial charge in [-0.3, -0.25) is 4.79 Å². The largest absolute Gasteiger partial charge is 0.353 e. The highest BCUT2D eigenvalue weighted by atomic mass is 32.1. The fraction of sp³-hybridized carbons (Fsp3) is 0.529. The topological polar surface area (TPSA) is 45.2 Å². The van der Waals surface area contributed by atoms with Gasteiger partial charge in [0.1, 0.15) is 0 Å². The summed E-state index contributed by atoms with van der Waals surface area (Å²) in [6.45, 7) is 5.99. The number of hydrogen-bond donors (Lipinski definition) is 1. The Bertz CT molecular complexity index is 613. The van der Waals surface area contributed by atoms with Crippen LogP contribution in [0.1, 0.15) is 33.1 Å². The summed E-state index contributed by atoms with van der Waals surface area (Å²) in [7, 11) is 0. The third kappa shape index (κ3) is 3.24. The van der Waals surface area contributed by atoms with Crippen LogP contribution in [0.3, 0.4) is 0 Å². The summed E-state index contributed by atoms with van der Waals surface area (Å²) < 4.78 is 1.23. The molecule has 0 radical (unpaired) electrons. The van der Waals surface area contributed by atoms with Gasteiger partial charge in [-0.05, 0) is 38.3 Å². The number of thiazole rings is 1. The summed E-state index contributed by atoms with van der Waals surface area (Å²) in [6, 6.07) is 8.52. The van der Waals surface area contributed by atoms with E-state index in [1.165, 1.54) is 4.70 Å². The number of carbonyl (C=O) groups is 1. The molecule has 3 rings (SSSR count). The van der Waals surface area contributed by atoms with Gasteiger partial charge in [-0.2, -0.15) is 0 Å². The number of amides is 1. The van der Waals surface area contributed by atoms with Crippen LogP contribution in [0.4, 0.5) is 5.13 Å². The third-order valence-corrected chi connectivity index (χ3v) is 5.52. The molecule has 0 bridgehead atoms. The number of carbonyl (C=O) groups excluding carboxylic acids is 1. The van der Waals surface area contributed by atoms with Crippen LogP contribution in [0.2, 0.25) is 0 Å². The van der Waals surface area contributed by atoms with Gasteiger partial charge < -0.3 is 10.2 Å². The fourth-order valence-corrected chi connectivity index (χ4v) is 3.81. The number of piperidine rings is 1. The number of nitrogens with one attached hydrogen (secondary N) is 1. The van der Waals surface area contributed by atoms with E-state index in [0.29, 0.717) is 0 Å². The van der Waals surface area contributed by atoms with E-state index >= 15 is 0 Å². The zero-order valence-electron chi connectivity index (χ0n) is 13.2. The second kappa shape index (κ2) is 6.65. The monoisotopic (exact) mass is 317 g/mol. The molecule has 1 saturated heterocycles. The number of aromatic nitrogens is 1. The predicted octanol–water partition coefficient (Wildman–Crippen LogP) is 3.43. The second-order valence-corrected chi connectivity index (χ2v) is 7.05. The molecule has 118 valence electrons. The van der Waals surface area contributed by atoms with E-state index in [1.54, 1.807) is 11.3 Å². The zero-order chi connectivity index (χ0) is 15.5. The highest BCUT2D eigenvalue weighted by Crippen LogP contribution is 2.31. The van der Waals surface area contributed by atoms with Crippen molar-refractivity contribution in [2.24, 2.45) is 5.92 Å². The van der Waals surface area contributed by atoms with E-state index in [4.69, 9.17) is 4.98 Å². The zero-order valence-corrected chi connectivity index (χ0v) is 14.0. The van der Waals surface area contributed by atoms with Crippen molar-refractivity contribution < 1.29 is 4.79 Å². The number of hydrogen-bond acceptors (Lipinski definition) is 4. The van der Waals surface area contributed by atoms with Crippen molar-refractivity contribution in [2.75, 3.05) is 18.0 Å². The molecule has 1 aliphatic rings. The Morgan fingerprint density at radius 3 is 2.82 bits per heavy atom. The molecule has 2 heterocycles. The first kappa shape index (κ1) is 15.3. The Balaban J connectivity index is 1.60. The summed E-state index contributed by atoms with van der Waals surface area (Å²) in [5.74, 6) is 0.373. The minimum Gasteiger partial charge on any atom is -0.353 e. The van der Waals surface area contributed by atoms with E-state index in [1.807, 2.05) is 6.07 Å². The normalized spacial score (nSPS) is 17.6. The van der Waals surface area contributed by atoms with Crippen LogP contribution in [0.25, 0.3) is 10.2 Å². The van der Waals surface area contributed by atoms with Gasteiger partial charge in [-0.1, -0.05) is 30.4 Å². The Kier molecular flexibility index (Phi) is 4.62. The molecule has 1 N–H and O–H groups in total. The number of nitrogens with zero attached hydrogens (tertiary/aromatic N) is 2. The van der Waals surface area contributed by atoms with E-state index < -0.39 is 0 Å². The summed E-state index contributed by atoms with van der Waals surface area (Å²) in [5.41, 5.74) is 1.07. The number of fused-ring (bicyclic) bond motifs is 1. The van der Waals surface area contributed by atoms with Crippen molar-refractivity contribution >= 4 is 32.6 Å². The molecule has 5 heteroatoms. The molecule has 1 aliphatic heterocycles. The second-order valence-electron chi connectivity index (χ2n) is 6.04. The molecule has 4 nitrogen and oxygen atoms in total. The lowest BCUT2D eigenvalue weighted by atomic mass is 9.96. The first-order chi connectivity index (χ1) is 10.7. The van der Waals surface area contributed by atoms with Gasteiger partial charge in [0.2, 0.25) is 5.91 Å². The quantitative estimate of drug-likeness (QED) is 0.939. The highest BCUT2D eigenvalue weighted by molar-refractivity contribution is 7.22. The Hall–Kier alpha value is -1.62. The average molecular weight is 317 g/mol. The Labute approximate surface area is 135 Å². The maximum absolute atomic E-state index is 12.2. The minimum atomic E-state index is 0.152. The van der Waals surface area contributed by atoms with Crippen LogP contribution in [0, 0.1) is 5.92 Å². The fourth-order valence-electron chi connectivity index (χ4n) is 2.79. The first-order valence-corrected chi connectivity index (χ1v) is 8.90. The van der Waals surface area contributed by atoms with Crippen molar-refractivity contribution in [1.82, 2.24) is 10.3 Å². The van der Waals surface area contributed by atoms with Gasteiger partial charge in [0.25, 0.3) is 0 Å². The maximum atomic E-state index is 12.2. The molecule has 0 saturated carbocycles. The number of rotatable bonds is 4. The van der Waals surface area contributed by atoms with Gasteiger partial charge in [-0.25, -0.2) is 4.98 Å². The summed E-state index contributed by atoms with van der Waals surface area (Å²) in [5, 5.41) is 4.19. The van der Waals surface area contributed by atoms with E-state index in [9.17, 15) is 4.79 Å². The predicted molar refractivity (Wildman–Crippen MR) is 92.5 cm³/mol. The Morgan fingerprint density at radius 1 is 1.41 bits per heavy atom. The smallest absolute Gasteiger partial charge is 0.223 e. The van der Waals surface area contributed by atoms with Gasteiger partial charge in [0.15, 0.2) is 5.13 Å². The van der Waals surface area contributed by atoms with E-state index in [2.05, 4.69) is 42.3 Å². The standard InChI is InChI=1S/C17H23N3OS/c1-3-12(2)18-16(21)13-8-10-20(11-9-13)17-19-14-6-4-5-7-15(14)22-17/h4-7,12-13H,3,8-11H2,1-2H3,(H,18,21). The Morgan fingerprint density at radius 2 is 2.14 bits per heavy atom. The average Bonchev–Trinajstić information content (AvgIpc) is 2.98. The molecule has 1 unspecified atom stereocenters. The summed E-state index contributed by atoms with van der Waals surface area (Å²) in [4.78, 5) is 19.2. The lowest BCUT2D eigenvalue weighted by molar-refractivity contribution is -0.126. The van der Waals surface area contributed by atoms with E-state index in [0.717, 1.165) is 43.0 Å². The maximum Gasteiger partial charge on any atom is 0.223 e.